The quantitative estimate of drug-likeness (QED) is 0.746. The van der Waals surface area contributed by atoms with Gasteiger partial charge in [-0.05, 0) is 50.1 Å². The molecule has 6 nitrogen and oxygen atoms in total. The molecule has 3 rings (SSSR count). The molecule has 1 unspecified atom stereocenters. The van der Waals surface area contributed by atoms with Gasteiger partial charge in [-0.3, -0.25) is 14.4 Å². The summed E-state index contributed by atoms with van der Waals surface area (Å²) in [6.45, 7) is 1.61. The van der Waals surface area contributed by atoms with Crippen LogP contribution in [0.5, 0.6) is 0 Å². The summed E-state index contributed by atoms with van der Waals surface area (Å²) in [6, 6.07) is 15.0. The number of anilines is 1. The lowest BCUT2D eigenvalue weighted by Gasteiger charge is -2.14. The van der Waals surface area contributed by atoms with Crippen molar-refractivity contribution in [1.29, 1.82) is 0 Å². The Kier molecular flexibility index (Phi) is 5.31. The van der Waals surface area contributed by atoms with Crippen molar-refractivity contribution in [3.8, 4) is 0 Å². The molecular formula is C20H21N3O3. The van der Waals surface area contributed by atoms with E-state index in [1.54, 1.807) is 55.5 Å². The molecule has 1 aliphatic carbocycles. The van der Waals surface area contributed by atoms with Crippen LogP contribution in [0.3, 0.4) is 0 Å². The van der Waals surface area contributed by atoms with E-state index in [1.807, 2.05) is 6.07 Å². The van der Waals surface area contributed by atoms with Crippen LogP contribution in [0.2, 0.25) is 0 Å². The van der Waals surface area contributed by atoms with Crippen LogP contribution in [-0.2, 0) is 4.79 Å². The lowest BCUT2D eigenvalue weighted by molar-refractivity contribution is -0.117. The fourth-order valence-electron chi connectivity index (χ4n) is 2.42. The zero-order chi connectivity index (χ0) is 18.5. The third kappa shape index (κ3) is 4.69. The highest BCUT2D eigenvalue weighted by Crippen LogP contribution is 2.20. The molecule has 134 valence electrons. The summed E-state index contributed by atoms with van der Waals surface area (Å²) in [5.41, 5.74) is 1.50. The third-order valence-corrected chi connectivity index (χ3v) is 4.08. The molecule has 26 heavy (non-hydrogen) atoms. The predicted octanol–water partition coefficient (Wildman–Crippen LogP) is 2.34. The number of amides is 3. The summed E-state index contributed by atoms with van der Waals surface area (Å²) in [5.74, 6) is -0.811. The molecule has 0 radical (unpaired) electrons. The molecule has 1 fully saturated rings. The largest absolute Gasteiger partial charge is 0.349 e. The molecule has 1 atom stereocenters. The molecule has 0 aromatic heterocycles. The van der Waals surface area contributed by atoms with E-state index in [1.165, 1.54) is 0 Å². The first kappa shape index (κ1) is 17.7. The van der Waals surface area contributed by atoms with E-state index in [0.29, 0.717) is 16.8 Å². The highest BCUT2D eigenvalue weighted by Gasteiger charge is 2.24. The molecule has 0 aliphatic heterocycles. The minimum Gasteiger partial charge on any atom is -0.349 e. The van der Waals surface area contributed by atoms with E-state index in [-0.39, 0.29) is 23.8 Å². The second-order valence-corrected chi connectivity index (χ2v) is 6.38. The first-order valence-electron chi connectivity index (χ1n) is 8.60. The zero-order valence-corrected chi connectivity index (χ0v) is 14.5. The summed E-state index contributed by atoms with van der Waals surface area (Å²) in [6.07, 6.45) is 2.03. The highest BCUT2D eigenvalue weighted by molar-refractivity contribution is 6.02. The predicted molar refractivity (Wildman–Crippen MR) is 98.9 cm³/mol. The van der Waals surface area contributed by atoms with Gasteiger partial charge in [0.2, 0.25) is 5.91 Å². The minimum atomic E-state index is -0.716. The van der Waals surface area contributed by atoms with E-state index in [9.17, 15) is 14.4 Å². The van der Waals surface area contributed by atoms with E-state index >= 15 is 0 Å². The van der Waals surface area contributed by atoms with Gasteiger partial charge in [0, 0.05) is 22.9 Å². The van der Waals surface area contributed by atoms with Crippen molar-refractivity contribution in [3.63, 3.8) is 0 Å². The molecule has 0 heterocycles. The van der Waals surface area contributed by atoms with Crippen LogP contribution in [0.15, 0.2) is 54.6 Å². The highest BCUT2D eigenvalue weighted by atomic mass is 16.2. The van der Waals surface area contributed by atoms with Crippen molar-refractivity contribution < 1.29 is 14.4 Å². The maximum atomic E-state index is 12.3. The molecule has 1 aliphatic rings. The van der Waals surface area contributed by atoms with Crippen molar-refractivity contribution in [2.24, 2.45) is 0 Å². The summed E-state index contributed by atoms with van der Waals surface area (Å²) in [5, 5.41) is 8.30. The molecule has 0 bridgehead atoms. The summed E-state index contributed by atoms with van der Waals surface area (Å²) in [7, 11) is 0. The van der Waals surface area contributed by atoms with Gasteiger partial charge in [0.25, 0.3) is 11.8 Å². The van der Waals surface area contributed by atoms with Crippen LogP contribution < -0.4 is 16.0 Å². The van der Waals surface area contributed by atoms with Crippen LogP contribution in [-0.4, -0.2) is 29.8 Å². The van der Waals surface area contributed by atoms with Gasteiger partial charge in [0.05, 0.1) is 0 Å². The van der Waals surface area contributed by atoms with E-state index in [4.69, 9.17) is 0 Å². The molecule has 6 heteroatoms. The van der Waals surface area contributed by atoms with Crippen molar-refractivity contribution in [1.82, 2.24) is 10.6 Å². The Labute approximate surface area is 152 Å². The van der Waals surface area contributed by atoms with Gasteiger partial charge < -0.3 is 16.0 Å². The Bertz CT molecular complexity index is 816. The number of hydrogen-bond acceptors (Lipinski definition) is 3. The van der Waals surface area contributed by atoms with Gasteiger partial charge in [-0.15, -0.1) is 0 Å². The van der Waals surface area contributed by atoms with Crippen LogP contribution >= 0.6 is 0 Å². The fraction of sp³-hybridized carbons (Fsp3) is 0.250. The van der Waals surface area contributed by atoms with E-state index in [0.717, 1.165) is 12.8 Å². The molecular weight excluding hydrogens is 330 g/mol. The topological polar surface area (TPSA) is 87.3 Å². The third-order valence-electron chi connectivity index (χ3n) is 4.08. The molecule has 0 spiro atoms. The first-order valence-corrected chi connectivity index (χ1v) is 8.60. The molecule has 1 saturated carbocycles. The zero-order valence-electron chi connectivity index (χ0n) is 14.5. The SMILES string of the molecule is CC(NC(=O)c1ccccc1)C(=O)Nc1cccc(C(=O)NC2CC2)c1. The molecule has 0 saturated heterocycles. The molecule has 3 amide bonds. The Hall–Kier alpha value is -3.15. The molecule has 2 aromatic carbocycles. The normalized spacial score (nSPS) is 14.2. The lowest BCUT2D eigenvalue weighted by Crippen LogP contribution is -2.41. The Morgan fingerprint density at radius 2 is 1.62 bits per heavy atom. The summed E-state index contributed by atoms with van der Waals surface area (Å²) < 4.78 is 0. The smallest absolute Gasteiger partial charge is 0.251 e. The van der Waals surface area contributed by atoms with Crippen LogP contribution in [0, 0.1) is 0 Å². The van der Waals surface area contributed by atoms with E-state index < -0.39 is 6.04 Å². The van der Waals surface area contributed by atoms with Crippen molar-refractivity contribution in [2.75, 3.05) is 5.32 Å². The van der Waals surface area contributed by atoms with Gasteiger partial charge in [0.15, 0.2) is 0 Å². The van der Waals surface area contributed by atoms with Gasteiger partial charge in [-0.1, -0.05) is 24.3 Å². The number of hydrogen-bond donors (Lipinski definition) is 3. The second kappa shape index (κ2) is 7.82. The number of benzene rings is 2. The van der Waals surface area contributed by atoms with Gasteiger partial charge in [-0.2, -0.15) is 0 Å². The second-order valence-electron chi connectivity index (χ2n) is 6.38. The fourth-order valence-corrected chi connectivity index (χ4v) is 2.42. The summed E-state index contributed by atoms with van der Waals surface area (Å²) >= 11 is 0. The summed E-state index contributed by atoms with van der Waals surface area (Å²) in [4.78, 5) is 36.5. The van der Waals surface area contributed by atoms with Crippen LogP contribution in [0.25, 0.3) is 0 Å². The Morgan fingerprint density at radius 3 is 2.31 bits per heavy atom. The van der Waals surface area contributed by atoms with Gasteiger partial charge in [0.1, 0.15) is 6.04 Å². The standard InChI is InChI=1S/C20H21N3O3/c1-13(21-19(25)14-6-3-2-4-7-14)18(24)23-17-9-5-8-15(12-17)20(26)22-16-10-11-16/h2-9,12-13,16H,10-11H2,1H3,(H,21,25)(H,22,26)(H,23,24). The lowest BCUT2D eigenvalue weighted by atomic mass is 10.1. The average molecular weight is 351 g/mol. The molecule has 2 aromatic rings. The Balaban J connectivity index is 1.58. The number of carbonyl (C=O) groups excluding carboxylic acids is 3. The van der Waals surface area contributed by atoms with Crippen molar-refractivity contribution in [2.45, 2.75) is 31.8 Å². The maximum Gasteiger partial charge on any atom is 0.251 e. The monoisotopic (exact) mass is 351 g/mol. The number of rotatable bonds is 6. The number of carbonyl (C=O) groups is 3. The average Bonchev–Trinajstić information content (AvgIpc) is 3.46. The van der Waals surface area contributed by atoms with Crippen LogP contribution in [0.4, 0.5) is 5.69 Å². The van der Waals surface area contributed by atoms with Crippen LogP contribution in [0.1, 0.15) is 40.5 Å². The van der Waals surface area contributed by atoms with Crippen molar-refractivity contribution >= 4 is 23.4 Å². The first-order chi connectivity index (χ1) is 12.5. The van der Waals surface area contributed by atoms with Gasteiger partial charge >= 0.3 is 0 Å². The molecule has 3 N–H and O–H groups in total. The maximum absolute atomic E-state index is 12.3. The Morgan fingerprint density at radius 1 is 0.923 bits per heavy atom. The van der Waals surface area contributed by atoms with Gasteiger partial charge in [-0.25, -0.2) is 0 Å². The van der Waals surface area contributed by atoms with E-state index in [2.05, 4.69) is 16.0 Å². The minimum absolute atomic E-state index is 0.144. The van der Waals surface area contributed by atoms with Crippen molar-refractivity contribution in [3.05, 3.63) is 65.7 Å². The number of nitrogens with one attached hydrogen (secondary N) is 3.